The Labute approximate surface area is 154 Å². The Morgan fingerprint density at radius 2 is 2.04 bits per heavy atom. The molecular weight excluding hydrogens is 356 g/mol. The highest BCUT2D eigenvalue weighted by Gasteiger charge is 2.38. The normalized spacial score (nSPS) is 20.3. The summed E-state index contributed by atoms with van der Waals surface area (Å²) in [4.78, 5) is 22.7. The molecule has 8 nitrogen and oxygen atoms in total. The molecule has 1 aromatic carbocycles. The van der Waals surface area contributed by atoms with Gasteiger partial charge in [-0.05, 0) is 25.1 Å². The Morgan fingerprint density at radius 3 is 2.70 bits per heavy atom. The zero-order valence-electron chi connectivity index (χ0n) is 14.7. The largest absolute Gasteiger partial charge is 0.502 e. The molecule has 1 aliphatic heterocycles. The predicted molar refractivity (Wildman–Crippen MR) is 94.5 cm³/mol. The average Bonchev–Trinajstić information content (AvgIpc) is 2.91. The molecule has 3 unspecified atom stereocenters. The topological polar surface area (TPSA) is 126 Å². The van der Waals surface area contributed by atoms with E-state index in [2.05, 4.69) is 6.58 Å². The minimum atomic E-state index is -1.60. The number of hydrogen-bond donors (Lipinski definition) is 3. The minimum absolute atomic E-state index is 0.000857. The first-order chi connectivity index (χ1) is 12.7. The van der Waals surface area contributed by atoms with E-state index < -0.39 is 29.4 Å². The summed E-state index contributed by atoms with van der Waals surface area (Å²) in [6.07, 6.45) is -1.62. The second-order valence-corrected chi connectivity index (χ2v) is 6.81. The first kappa shape index (κ1) is 18.9. The minimum Gasteiger partial charge on any atom is -0.502 e. The van der Waals surface area contributed by atoms with Crippen LogP contribution in [0.25, 0.3) is 11.0 Å². The number of carbonyl (C=O) groups is 1. The van der Waals surface area contributed by atoms with E-state index in [0.29, 0.717) is 11.0 Å². The molecule has 0 aliphatic carbocycles. The van der Waals surface area contributed by atoms with Crippen molar-refractivity contribution < 1.29 is 34.0 Å². The number of aliphatic hydroxyl groups excluding tert-OH is 1. The Hall–Kier alpha value is -2.84. The van der Waals surface area contributed by atoms with Crippen molar-refractivity contribution >= 4 is 16.9 Å². The average molecular weight is 376 g/mol. The van der Waals surface area contributed by atoms with Gasteiger partial charge in [0.2, 0.25) is 5.75 Å². The van der Waals surface area contributed by atoms with Crippen LogP contribution in [0.5, 0.6) is 11.5 Å². The van der Waals surface area contributed by atoms with Crippen LogP contribution in [0.2, 0.25) is 0 Å². The van der Waals surface area contributed by atoms with Crippen LogP contribution in [0, 0.1) is 0 Å². The molecule has 0 radical (unpaired) electrons. The maximum absolute atomic E-state index is 11.4. The fourth-order valence-corrected chi connectivity index (χ4v) is 2.91. The van der Waals surface area contributed by atoms with Crippen molar-refractivity contribution in [3.05, 3.63) is 46.8 Å². The summed E-state index contributed by atoms with van der Waals surface area (Å²) in [7, 11) is 0. The lowest BCUT2D eigenvalue weighted by Crippen LogP contribution is -2.45. The van der Waals surface area contributed by atoms with E-state index in [1.165, 1.54) is 25.1 Å². The van der Waals surface area contributed by atoms with Gasteiger partial charge in [-0.3, -0.25) is 0 Å². The van der Waals surface area contributed by atoms with Gasteiger partial charge in [-0.25, -0.2) is 9.59 Å². The van der Waals surface area contributed by atoms with Gasteiger partial charge in [-0.15, -0.1) is 0 Å². The van der Waals surface area contributed by atoms with Gasteiger partial charge in [0.05, 0.1) is 5.60 Å². The molecule has 2 heterocycles. The number of benzene rings is 1. The smallest absolute Gasteiger partial charge is 0.336 e. The number of aliphatic hydroxyl groups is 2. The van der Waals surface area contributed by atoms with Gasteiger partial charge < -0.3 is 29.2 Å². The number of phenolic OH excluding ortho intramolecular Hbond substituents is 1. The van der Waals surface area contributed by atoms with E-state index in [1.54, 1.807) is 6.07 Å². The van der Waals surface area contributed by atoms with Crippen molar-refractivity contribution in [2.45, 2.75) is 37.6 Å². The second-order valence-electron chi connectivity index (χ2n) is 6.81. The molecule has 8 heteroatoms. The van der Waals surface area contributed by atoms with E-state index in [9.17, 15) is 24.9 Å². The third-order valence-corrected chi connectivity index (χ3v) is 4.52. The molecule has 1 saturated heterocycles. The van der Waals surface area contributed by atoms with Gasteiger partial charge in [0.15, 0.2) is 11.3 Å². The van der Waals surface area contributed by atoms with E-state index in [4.69, 9.17) is 13.9 Å². The van der Waals surface area contributed by atoms with Crippen LogP contribution in [0.3, 0.4) is 0 Å². The van der Waals surface area contributed by atoms with E-state index >= 15 is 0 Å². The van der Waals surface area contributed by atoms with Crippen molar-refractivity contribution in [1.82, 2.24) is 0 Å². The molecule has 0 spiro atoms. The van der Waals surface area contributed by atoms with Gasteiger partial charge >= 0.3 is 11.6 Å². The van der Waals surface area contributed by atoms with E-state index in [-0.39, 0.29) is 36.5 Å². The van der Waals surface area contributed by atoms with Crippen LogP contribution in [-0.2, 0) is 9.53 Å². The fraction of sp³-hybridized carbons (Fsp3) is 0.368. The number of esters is 1. The number of rotatable bonds is 6. The van der Waals surface area contributed by atoms with Crippen molar-refractivity contribution in [2.75, 3.05) is 6.61 Å². The molecular formula is C19H20O8. The molecule has 27 heavy (non-hydrogen) atoms. The summed E-state index contributed by atoms with van der Waals surface area (Å²) in [5, 5.41) is 31.5. The van der Waals surface area contributed by atoms with Crippen LogP contribution in [0.1, 0.15) is 19.8 Å². The number of fused-ring (bicyclic) bond motifs is 1. The summed E-state index contributed by atoms with van der Waals surface area (Å²) in [6.45, 7) is 4.63. The fourth-order valence-electron chi connectivity index (χ4n) is 2.91. The predicted octanol–water partition coefficient (Wildman–Crippen LogP) is 1.25. The van der Waals surface area contributed by atoms with Gasteiger partial charge in [0.1, 0.15) is 18.8 Å². The quantitative estimate of drug-likeness (QED) is 0.391. The van der Waals surface area contributed by atoms with E-state index in [1.807, 2.05) is 0 Å². The molecule has 1 aliphatic rings. The van der Waals surface area contributed by atoms with Crippen molar-refractivity contribution in [3.8, 4) is 11.5 Å². The molecule has 0 amide bonds. The number of cyclic esters (lactones) is 1. The van der Waals surface area contributed by atoms with Gasteiger partial charge in [0.25, 0.3) is 0 Å². The number of aromatic hydroxyl groups is 1. The number of phenols is 1. The Morgan fingerprint density at radius 1 is 1.33 bits per heavy atom. The highest BCUT2D eigenvalue weighted by molar-refractivity contribution is 5.89. The molecule has 3 N–H and O–H groups in total. The van der Waals surface area contributed by atoms with Crippen molar-refractivity contribution in [1.29, 1.82) is 0 Å². The lowest BCUT2D eigenvalue weighted by Gasteiger charge is -2.30. The summed E-state index contributed by atoms with van der Waals surface area (Å²) in [5.74, 6) is -0.894. The van der Waals surface area contributed by atoms with Crippen LogP contribution in [0.4, 0.5) is 0 Å². The van der Waals surface area contributed by atoms with Gasteiger partial charge in [-0.2, -0.15) is 0 Å². The SMILES string of the molecule is C=C1CC(CC(C)(O)C(O)COc2ccc3ccc(=O)oc3c2O)OC1=O. The molecule has 144 valence electrons. The zero-order valence-corrected chi connectivity index (χ0v) is 14.7. The van der Waals surface area contributed by atoms with Crippen LogP contribution >= 0.6 is 0 Å². The molecule has 3 atom stereocenters. The lowest BCUT2D eigenvalue weighted by atomic mass is 9.91. The van der Waals surface area contributed by atoms with Crippen LogP contribution < -0.4 is 10.4 Å². The molecule has 0 saturated carbocycles. The molecule has 0 bridgehead atoms. The Bertz CT molecular complexity index is 926. The number of carbonyl (C=O) groups excluding carboxylic acids is 1. The van der Waals surface area contributed by atoms with Crippen LogP contribution in [-0.4, -0.2) is 45.7 Å². The molecule has 1 fully saturated rings. The Balaban J connectivity index is 1.67. The number of hydrogen-bond acceptors (Lipinski definition) is 8. The summed E-state index contributed by atoms with van der Waals surface area (Å²) >= 11 is 0. The lowest BCUT2D eigenvalue weighted by molar-refractivity contribution is -0.144. The first-order valence-electron chi connectivity index (χ1n) is 8.35. The van der Waals surface area contributed by atoms with Crippen LogP contribution in [0.15, 0.2) is 45.6 Å². The third kappa shape index (κ3) is 3.96. The molecule has 3 rings (SSSR count). The van der Waals surface area contributed by atoms with Crippen molar-refractivity contribution in [3.63, 3.8) is 0 Å². The maximum Gasteiger partial charge on any atom is 0.336 e. The summed E-state index contributed by atoms with van der Waals surface area (Å²) in [6, 6.07) is 5.78. The molecule has 2 aromatic rings. The zero-order chi connectivity index (χ0) is 19.8. The monoisotopic (exact) mass is 376 g/mol. The van der Waals surface area contributed by atoms with Gasteiger partial charge in [-0.1, -0.05) is 6.58 Å². The van der Waals surface area contributed by atoms with Gasteiger partial charge in [0, 0.05) is 29.9 Å². The number of ether oxygens (including phenoxy) is 2. The second kappa shape index (κ2) is 7.05. The standard InChI is InChI=1S/C19H20O8/c1-10-7-12(26-18(10)23)8-19(2,24)14(20)9-25-13-5-3-11-4-6-15(21)27-17(11)16(13)22/h3-6,12,14,20,22,24H,1,7-9H2,2H3. The highest BCUT2D eigenvalue weighted by atomic mass is 16.6. The molecule has 1 aromatic heterocycles. The summed E-state index contributed by atoms with van der Waals surface area (Å²) in [5.41, 5.74) is -1.93. The first-order valence-corrected chi connectivity index (χ1v) is 8.35. The third-order valence-electron chi connectivity index (χ3n) is 4.52. The van der Waals surface area contributed by atoms with E-state index in [0.717, 1.165) is 0 Å². The van der Waals surface area contributed by atoms with Crippen molar-refractivity contribution in [2.24, 2.45) is 0 Å². The highest BCUT2D eigenvalue weighted by Crippen LogP contribution is 2.34. The maximum atomic E-state index is 11.4. The Kier molecular flexibility index (Phi) is 4.95. The summed E-state index contributed by atoms with van der Waals surface area (Å²) < 4.78 is 15.4.